The molecule has 96 valence electrons. The van der Waals surface area contributed by atoms with Crippen molar-refractivity contribution >= 4 is 15.9 Å². The molecule has 1 aromatic rings. The number of rotatable bonds is 5. The van der Waals surface area contributed by atoms with Gasteiger partial charge in [-0.05, 0) is 34.5 Å². The molecule has 0 saturated heterocycles. The van der Waals surface area contributed by atoms with Crippen LogP contribution in [0.1, 0.15) is 25.3 Å². The van der Waals surface area contributed by atoms with Gasteiger partial charge in [0.1, 0.15) is 11.6 Å². The number of halogens is 3. The minimum absolute atomic E-state index is 0.145. The number of hydrogen-bond acceptors (Lipinski definition) is 2. The van der Waals surface area contributed by atoms with Crippen molar-refractivity contribution < 1.29 is 19.0 Å². The Morgan fingerprint density at radius 2 is 1.88 bits per heavy atom. The fraction of sp³-hybridized carbons (Fsp3) is 0.500. The molecule has 1 rings (SSSR count). The largest absolute Gasteiger partial charge is 0.390 e. The Kier molecular flexibility index (Phi) is 5.49. The predicted molar refractivity (Wildman–Crippen MR) is 64.7 cm³/mol. The van der Waals surface area contributed by atoms with Gasteiger partial charge in [-0.25, -0.2) is 8.78 Å². The van der Waals surface area contributed by atoms with Crippen LogP contribution in [0.5, 0.6) is 0 Å². The summed E-state index contributed by atoms with van der Waals surface area (Å²) in [5.41, 5.74) is -0.206. The second kappa shape index (κ2) is 6.42. The maximum Gasteiger partial charge on any atom is 0.143 e. The third-order valence-electron chi connectivity index (χ3n) is 2.58. The van der Waals surface area contributed by atoms with Crippen molar-refractivity contribution in [1.82, 2.24) is 0 Å². The van der Waals surface area contributed by atoms with Crippen LogP contribution in [-0.4, -0.2) is 22.4 Å². The van der Waals surface area contributed by atoms with E-state index in [0.717, 1.165) is 6.07 Å². The van der Waals surface area contributed by atoms with E-state index in [1.54, 1.807) is 0 Å². The average molecular weight is 309 g/mol. The summed E-state index contributed by atoms with van der Waals surface area (Å²) in [6.45, 7) is 1.86. The van der Waals surface area contributed by atoms with Gasteiger partial charge in [0.25, 0.3) is 0 Å². The van der Waals surface area contributed by atoms with Crippen molar-refractivity contribution in [3.63, 3.8) is 0 Å². The Morgan fingerprint density at radius 3 is 2.47 bits per heavy atom. The highest BCUT2D eigenvalue weighted by atomic mass is 79.9. The lowest BCUT2D eigenvalue weighted by atomic mass is 10.0. The van der Waals surface area contributed by atoms with Gasteiger partial charge < -0.3 is 10.2 Å². The number of hydrogen-bond donors (Lipinski definition) is 2. The maximum atomic E-state index is 13.6. The topological polar surface area (TPSA) is 40.5 Å². The molecular weight excluding hydrogens is 294 g/mol. The Balaban J connectivity index is 2.84. The molecule has 0 amide bonds. The molecule has 0 aliphatic heterocycles. The smallest absolute Gasteiger partial charge is 0.143 e. The van der Waals surface area contributed by atoms with Crippen molar-refractivity contribution in [1.29, 1.82) is 0 Å². The van der Waals surface area contributed by atoms with Gasteiger partial charge in [0.2, 0.25) is 0 Å². The first kappa shape index (κ1) is 14.5. The third kappa shape index (κ3) is 3.72. The summed E-state index contributed by atoms with van der Waals surface area (Å²) >= 11 is 2.95. The van der Waals surface area contributed by atoms with Gasteiger partial charge in [-0.2, -0.15) is 0 Å². The summed E-state index contributed by atoms with van der Waals surface area (Å²) in [5.74, 6) is -1.44. The molecule has 0 bridgehead atoms. The van der Waals surface area contributed by atoms with Crippen LogP contribution in [-0.2, 0) is 6.42 Å². The van der Waals surface area contributed by atoms with E-state index in [1.165, 1.54) is 6.07 Å². The Morgan fingerprint density at radius 1 is 1.24 bits per heavy atom. The van der Waals surface area contributed by atoms with Gasteiger partial charge in [0.05, 0.1) is 16.7 Å². The van der Waals surface area contributed by atoms with Crippen molar-refractivity contribution in [3.8, 4) is 0 Å². The molecule has 5 heteroatoms. The molecule has 0 radical (unpaired) electrons. The average Bonchev–Trinajstić information content (AvgIpc) is 2.29. The highest BCUT2D eigenvalue weighted by Gasteiger charge is 2.21. The summed E-state index contributed by atoms with van der Waals surface area (Å²) in [6, 6.07) is 2.39. The molecular formula is C12H15BrF2O2. The first-order valence-electron chi connectivity index (χ1n) is 5.45. The van der Waals surface area contributed by atoms with Gasteiger partial charge in [0, 0.05) is 12.0 Å². The predicted octanol–water partition coefficient (Wildman–Crippen LogP) is 2.79. The van der Waals surface area contributed by atoms with Gasteiger partial charge in [-0.3, -0.25) is 0 Å². The summed E-state index contributed by atoms with van der Waals surface area (Å²) in [4.78, 5) is 0. The highest BCUT2D eigenvalue weighted by molar-refractivity contribution is 9.10. The van der Waals surface area contributed by atoms with E-state index in [2.05, 4.69) is 15.9 Å². The molecule has 0 saturated carbocycles. The van der Waals surface area contributed by atoms with Crippen LogP contribution in [0.2, 0.25) is 0 Å². The monoisotopic (exact) mass is 308 g/mol. The van der Waals surface area contributed by atoms with Gasteiger partial charge in [-0.15, -0.1) is 0 Å². The zero-order chi connectivity index (χ0) is 13.0. The Hall–Kier alpha value is -0.520. The van der Waals surface area contributed by atoms with E-state index in [1.807, 2.05) is 6.92 Å². The first-order chi connectivity index (χ1) is 7.97. The molecule has 17 heavy (non-hydrogen) atoms. The van der Waals surface area contributed by atoms with Crippen molar-refractivity contribution in [2.75, 3.05) is 0 Å². The van der Waals surface area contributed by atoms with Crippen LogP contribution < -0.4 is 0 Å². The fourth-order valence-corrected chi connectivity index (χ4v) is 1.96. The molecule has 0 fully saturated rings. The van der Waals surface area contributed by atoms with Gasteiger partial charge in [-0.1, -0.05) is 13.3 Å². The van der Waals surface area contributed by atoms with Crippen LogP contribution in [0.25, 0.3) is 0 Å². The Labute approximate surface area is 107 Å². The highest BCUT2D eigenvalue weighted by Crippen LogP contribution is 2.23. The summed E-state index contributed by atoms with van der Waals surface area (Å²) in [7, 11) is 0. The quantitative estimate of drug-likeness (QED) is 0.821. The van der Waals surface area contributed by atoms with E-state index in [0.29, 0.717) is 12.8 Å². The fourth-order valence-electron chi connectivity index (χ4n) is 1.59. The van der Waals surface area contributed by atoms with E-state index >= 15 is 0 Å². The van der Waals surface area contributed by atoms with Crippen LogP contribution in [0.4, 0.5) is 8.78 Å². The molecule has 0 heterocycles. The zero-order valence-corrected chi connectivity index (χ0v) is 11.0. The van der Waals surface area contributed by atoms with Crippen LogP contribution in [0.15, 0.2) is 16.6 Å². The number of aliphatic hydroxyl groups excluding tert-OH is 2. The van der Waals surface area contributed by atoms with E-state index in [-0.39, 0.29) is 16.5 Å². The number of aliphatic hydroxyl groups is 2. The SMILES string of the molecule is CCCC(O)C(O)Cc1c(F)ccc(Br)c1F. The number of benzene rings is 1. The third-order valence-corrected chi connectivity index (χ3v) is 3.19. The maximum absolute atomic E-state index is 13.6. The van der Waals surface area contributed by atoms with E-state index in [9.17, 15) is 19.0 Å². The molecule has 2 nitrogen and oxygen atoms in total. The first-order valence-corrected chi connectivity index (χ1v) is 6.25. The molecule has 2 atom stereocenters. The van der Waals surface area contributed by atoms with Crippen LogP contribution in [0, 0.1) is 11.6 Å². The minimum Gasteiger partial charge on any atom is -0.390 e. The van der Waals surface area contributed by atoms with Crippen LogP contribution in [0.3, 0.4) is 0 Å². The van der Waals surface area contributed by atoms with Crippen molar-refractivity contribution in [2.45, 2.75) is 38.4 Å². The second-order valence-corrected chi connectivity index (χ2v) is 4.80. The lowest BCUT2D eigenvalue weighted by Crippen LogP contribution is -2.28. The molecule has 2 N–H and O–H groups in total. The van der Waals surface area contributed by atoms with E-state index < -0.39 is 23.8 Å². The summed E-state index contributed by atoms with van der Waals surface area (Å²) in [5, 5.41) is 19.2. The molecule has 0 aliphatic carbocycles. The summed E-state index contributed by atoms with van der Waals surface area (Å²) < 4.78 is 27.1. The van der Waals surface area contributed by atoms with Gasteiger partial charge in [0.15, 0.2) is 0 Å². The Bertz CT molecular complexity index is 385. The lowest BCUT2D eigenvalue weighted by molar-refractivity contribution is 0.0139. The van der Waals surface area contributed by atoms with Crippen molar-refractivity contribution in [3.05, 3.63) is 33.8 Å². The van der Waals surface area contributed by atoms with Gasteiger partial charge >= 0.3 is 0 Å². The van der Waals surface area contributed by atoms with E-state index in [4.69, 9.17) is 0 Å². The van der Waals surface area contributed by atoms with Crippen molar-refractivity contribution in [2.24, 2.45) is 0 Å². The standard InChI is InChI=1S/C12H15BrF2O2/c1-2-3-10(16)11(17)6-7-9(14)5-4-8(13)12(7)15/h4-5,10-11,16-17H,2-3,6H2,1H3. The molecule has 0 aromatic heterocycles. The van der Waals surface area contributed by atoms with Crippen LogP contribution >= 0.6 is 15.9 Å². The minimum atomic E-state index is -1.16. The molecule has 2 unspecified atom stereocenters. The zero-order valence-electron chi connectivity index (χ0n) is 9.46. The summed E-state index contributed by atoms with van der Waals surface area (Å²) in [6.07, 6.45) is -1.26. The lowest BCUT2D eigenvalue weighted by Gasteiger charge is -2.18. The molecule has 0 spiro atoms. The molecule has 0 aliphatic rings. The normalized spacial score (nSPS) is 14.7. The second-order valence-electron chi connectivity index (χ2n) is 3.95. The molecule has 1 aromatic carbocycles.